The first-order chi connectivity index (χ1) is 12.1. The smallest absolute Gasteiger partial charge is 0.290 e. The van der Waals surface area contributed by atoms with Crippen LogP contribution in [0.1, 0.15) is 42.3 Å². The standard InChI is InChI=1S/C21H24N2O2/c1-13-16-11-10-15-7-3-4-8-17(15)20(16)25-19(13)21(24)23-12-6-5-9-18(23)14(2)22/h3-4,7-8,10-11,14,18H,5-6,9,12,22H2,1-2H3. The van der Waals surface area contributed by atoms with E-state index in [4.69, 9.17) is 10.2 Å². The lowest BCUT2D eigenvalue weighted by atomic mass is 9.96. The Balaban J connectivity index is 1.82. The van der Waals surface area contributed by atoms with Gasteiger partial charge in [0.1, 0.15) is 5.58 Å². The first kappa shape index (κ1) is 16.2. The number of piperidine rings is 1. The number of furan rings is 1. The van der Waals surface area contributed by atoms with Gasteiger partial charge in [0.15, 0.2) is 5.76 Å². The lowest BCUT2D eigenvalue weighted by molar-refractivity contribution is 0.0553. The molecule has 4 heteroatoms. The van der Waals surface area contributed by atoms with Gasteiger partial charge < -0.3 is 15.1 Å². The molecule has 1 aliphatic rings. The summed E-state index contributed by atoms with van der Waals surface area (Å²) in [5.74, 6) is 0.429. The Hall–Kier alpha value is -2.33. The van der Waals surface area contributed by atoms with Crippen LogP contribution in [0, 0.1) is 6.92 Å². The van der Waals surface area contributed by atoms with Gasteiger partial charge in [-0.05, 0) is 38.5 Å². The highest BCUT2D eigenvalue weighted by Gasteiger charge is 2.32. The summed E-state index contributed by atoms with van der Waals surface area (Å²) in [5, 5.41) is 3.18. The van der Waals surface area contributed by atoms with Crippen molar-refractivity contribution < 1.29 is 9.21 Å². The van der Waals surface area contributed by atoms with Gasteiger partial charge in [0.05, 0.1) is 0 Å². The largest absolute Gasteiger partial charge is 0.450 e. The molecule has 1 amide bonds. The van der Waals surface area contributed by atoms with Crippen LogP contribution in [0.25, 0.3) is 21.7 Å². The molecule has 0 radical (unpaired) electrons. The Labute approximate surface area is 147 Å². The van der Waals surface area contributed by atoms with Crippen molar-refractivity contribution >= 4 is 27.6 Å². The number of carbonyl (C=O) groups excluding carboxylic acids is 1. The molecule has 2 heterocycles. The number of fused-ring (bicyclic) bond motifs is 3. The molecule has 2 aromatic carbocycles. The molecule has 2 unspecified atom stereocenters. The number of aryl methyl sites for hydroxylation is 1. The van der Waals surface area contributed by atoms with Crippen molar-refractivity contribution in [1.82, 2.24) is 4.90 Å². The predicted octanol–water partition coefficient (Wildman–Crippen LogP) is 4.24. The second-order valence-corrected chi connectivity index (χ2v) is 7.14. The van der Waals surface area contributed by atoms with Gasteiger partial charge in [0, 0.05) is 35.0 Å². The second-order valence-electron chi connectivity index (χ2n) is 7.14. The summed E-state index contributed by atoms with van der Waals surface area (Å²) in [6, 6.07) is 12.3. The molecule has 2 N–H and O–H groups in total. The SMILES string of the molecule is Cc1c(C(=O)N2CCCCC2C(C)N)oc2c1ccc1ccccc12. The molecular formula is C21H24N2O2. The zero-order valence-corrected chi connectivity index (χ0v) is 14.8. The number of likely N-dealkylation sites (tertiary alicyclic amines) is 1. The zero-order valence-electron chi connectivity index (χ0n) is 14.8. The van der Waals surface area contributed by atoms with E-state index in [0.717, 1.165) is 53.1 Å². The van der Waals surface area contributed by atoms with Crippen LogP contribution in [0.2, 0.25) is 0 Å². The minimum Gasteiger partial charge on any atom is -0.450 e. The fourth-order valence-corrected chi connectivity index (χ4v) is 4.04. The highest BCUT2D eigenvalue weighted by Crippen LogP contribution is 2.33. The molecule has 25 heavy (non-hydrogen) atoms. The third kappa shape index (κ3) is 2.61. The van der Waals surface area contributed by atoms with Gasteiger partial charge in [-0.2, -0.15) is 0 Å². The van der Waals surface area contributed by atoms with Crippen LogP contribution in [-0.2, 0) is 0 Å². The summed E-state index contributed by atoms with van der Waals surface area (Å²) < 4.78 is 6.12. The predicted molar refractivity (Wildman–Crippen MR) is 101 cm³/mol. The fraction of sp³-hybridized carbons (Fsp3) is 0.381. The van der Waals surface area contributed by atoms with Crippen molar-refractivity contribution in [3.05, 3.63) is 47.7 Å². The Morgan fingerprint density at radius 3 is 2.80 bits per heavy atom. The molecule has 1 aromatic heterocycles. The first-order valence-electron chi connectivity index (χ1n) is 9.05. The van der Waals surface area contributed by atoms with Crippen LogP contribution < -0.4 is 5.73 Å². The van der Waals surface area contributed by atoms with Gasteiger partial charge >= 0.3 is 0 Å². The molecule has 1 aliphatic heterocycles. The Bertz CT molecular complexity index is 942. The van der Waals surface area contributed by atoms with Gasteiger partial charge in [-0.1, -0.05) is 36.4 Å². The summed E-state index contributed by atoms with van der Waals surface area (Å²) in [5.41, 5.74) is 7.85. The van der Waals surface area contributed by atoms with E-state index >= 15 is 0 Å². The summed E-state index contributed by atoms with van der Waals surface area (Å²) in [7, 11) is 0. The lowest BCUT2D eigenvalue weighted by Crippen LogP contribution is -2.51. The van der Waals surface area contributed by atoms with E-state index in [1.165, 1.54) is 0 Å². The Morgan fingerprint density at radius 1 is 1.20 bits per heavy atom. The maximum atomic E-state index is 13.2. The van der Waals surface area contributed by atoms with Gasteiger partial charge in [0.25, 0.3) is 5.91 Å². The molecule has 0 bridgehead atoms. The zero-order chi connectivity index (χ0) is 17.6. The van der Waals surface area contributed by atoms with Crippen LogP contribution in [0.4, 0.5) is 0 Å². The third-order valence-corrected chi connectivity index (χ3v) is 5.44. The van der Waals surface area contributed by atoms with E-state index in [0.29, 0.717) is 5.76 Å². The molecule has 1 fully saturated rings. The minimum atomic E-state index is -0.0326. The molecule has 3 aromatic rings. The van der Waals surface area contributed by atoms with Crippen molar-refractivity contribution in [1.29, 1.82) is 0 Å². The van der Waals surface area contributed by atoms with Crippen LogP contribution in [0.15, 0.2) is 40.8 Å². The number of rotatable bonds is 2. The average molecular weight is 336 g/mol. The van der Waals surface area contributed by atoms with E-state index < -0.39 is 0 Å². The number of nitrogens with zero attached hydrogens (tertiary/aromatic N) is 1. The van der Waals surface area contributed by atoms with E-state index in [-0.39, 0.29) is 18.0 Å². The van der Waals surface area contributed by atoms with Gasteiger partial charge in [-0.15, -0.1) is 0 Å². The molecular weight excluding hydrogens is 312 g/mol. The summed E-state index contributed by atoms with van der Waals surface area (Å²) in [6.07, 6.45) is 3.11. The third-order valence-electron chi connectivity index (χ3n) is 5.44. The van der Waals surface area contributed by atoms with Gasteiger partial charge in [0.2, 0.25) is 0 Å². The number of carbonyl (C=O) groups is 1. The molecule has 4 nitrogen and oxygen atoms in total. The molecule has 0 saturated carbocycles. The fourth-order valence-electron chi connectivity index (χ4n) is 4.04. The van der Waals surface area contributed by atoms with Gasteiger partial charge in [-0.3, -0.25) is 4.79 Å². The Morgan fingerprint density at radius 2 is 2.00 bits per heavy atom. The average Bonchev–Trinajstić information content (AvgIpc) is 2.98. The van der Waals surface area contributed by atoms with Crippen molar-refractivity contribution in [3.63, 3.8) is 0 Å². The number of amides is 1. The number of hydrogen-bond acceptors (Lipinski definition) is 3. The van der Waals surface area contributed by atoms with E-state index in [9.17, 15) is 4.79 Å². The highest BCUT2D eigenvalue weighted by molar-refractivity contribution is 6.08. The van der Waals surface area contributed by atoms with E-state index in [2.05, 4.69) is 12.1 Å². The van der Waals surface area contributed by atoms with E-state index in [1.807, 2.05) is 43.0 Å². The first-order valence-corrected chi connectivity index (χ1v) is 9.05. The monoisotopic (exact) mass is 336 g/mol. The van der Waals surface area contributed by atoms with Gasteiger partial charge in [-0.25, -0.2) is 0 Å². The minimum absolute atomic E-state index is 0.0280. The molecule has 4 rings (SSSR count). The molecule has 0 aliphatic carbocycles. The van der Waals surface area contributed by atoms with Crippen LogP contribution >= 0.6 is 0 Å². The van der Waals surface area contributed by atoms with Crippen molar-refractivity contribution in [3.8, 4) is 0 Å². The topological polar surface area (TPSA) is 59.5 Å². The second kappa shape index (κ2) is 6.19. The maximum Gasteiger partial charge on any atom is 0.290 e. The van der Waals surface area contributed by atoms with Crippen molar-refractivity contribution in [2.75, 3.05) is 6.54 Å². The normalized spacial score (nSPS) is 19.5. The molecule has 130 valence electrons. The summed E-state index contributed by atoms with van der Waals surface area (Å²) in [6.45, 7) is 4.70. The van der Waals surface area contributed by atoms with Crippen molar-refractivity contribution in [2.45, 2.75) is 45.2 Å². The molecule has 1 saturated heterocycles. The summed E-state index contributed by atoms with van der Waals surface area (Å²) >= 11 is 0. The molecule has 2 atom stereocenters. The maximum absolute atomic E-state index is 13.2. The van der Waals surface area contributed by atoms with Crippen LogP contribution in [-0.4, -0.2) is 29.4 Å². The number of hydrogen-bond donors (Lipinski definition) is 1. The summed E-state index contributed by atoms with van der Waals surface area (Å²) in [4.78, 5) is 15.1. The Kier molecular flexibility index (Phi) is 4.00. The number of benzene rings is 2. The quantitative estimate of drug-likeness (QED) is 0.761. The highest BCUT2D eigenvalue weighted by atomic mass is 16.3. The lowest BCUT2D eigenvalue weighted by Gasteiger charge is -2.37. The number of nitrogens with two attached hydrogens (primary N) is 1. The van der Waals surface area contributed by atoms with Crippen molar-refractivity contribution in [2.24, 2.45) is 5.73 Å². The molecule has 0 spiro atoms. The van der Waals surface area contributed by atoms with Crippen LogP contribution in [0.3, 0.4) is 0 Å². The van der Waals surface area contributed by atoms with E-state index in [1.54, 1.807) is 0 Å². The van der Waals surface area contributed by atoms with Crippen LogP contribution in [0.5, 0.6) is 0 Å².